The molecule has 0 aliphatic rings. The molecular weight excluding hydrogens is 246 g/mol. The van der Waals surface area contributed by atoms with Crippen LogP contribution in [-0.4, -0.2) is 37.2 Å². The van der Waals surface area contributed by atoms with E-state index in [1.165, 1.54) is 10.5 Å². The van der Waals surface area contributed by atoms with Crippen molar-refractivity contribution in [1.29, 1.82) is 0 Å². The molecule has 1 rings (SSSR count). The fourth-order valence-corrected chi connectivity index (χ4v) is 2.51. The second-order valence-electron chi connectivity index (χ2n) is 4.04. The Bertz CT molecular complexity index is 333. The first-order chi connectivity index (χ1) is 8.77. The Morgan fingerprint density at radius 3 is 2.94 bits per heavy atom. The van der Waals surface area contributed by atoms with E-state index in [2.05, 4.69) is 43.4 Å². The van der Waals surface area contributed by atoms with Gasteiger partial charge in [-0.25, -0.2) is 0 Å². The van der Waals surface area contributed by atoms with Gasteiger partial charge in [-0.05, 0) is 31.2 Å². The van der Waals surface area contributed by atoms with Crippen molar-refractivity contribution in [2.45, 2.75) is 24.8 Å². The Hall–Kier alpha value is -0.550. The molecule has 0 amide bonds. The Labute approximate surface area is 114 Å². The van der Waals surface area contributed by atoms with E-state index >= 15 is 0 Å². The van der Waals surface area contributed by atoms with Crippen LogP contribution in [0.1, 0.15) is 25.5 Å². The summed E-state index contributed by atoms with van der Waals surface area (Å²) in [6, 6.07) is 8.99. The van der Waals surface area contributed by atoms with Crippen LogP contribution >= 0.6 is 11.8 Å². The second-order valence-corrected chi connectivity index (χ2v) is 5.20. The third kappa shape index (κ3) is 5.87. The highest BCUT2D eigenvalue weighted by Crippen LogP contribution is 2.22. The van der Waals surface area contributed by atoms with E-state index in [0.29, 0.717) is 19.3 Å². The Morgan fingerprint density at radius 2 is 2.22 bits per heavy atom. The van der Waals surface area contributed by atoms with Gasteiger partial charge in [-0.15, -0.1) is 11.8 Å². The second kappa shape index (κ2) is 9.39. The molecule has 1 unspecified atom stereocenters. The maximum absolute atomic E-state index is 8.59. The Morgan fingerprint density at radius 1 is 1.39 bits per heavy atom. The molecule has 0 fully saturated rings. The first-order valence-electron chi connectivity index (χ1n) is 6.42. The number of hydrogen-bond acceptors (Lipinski definition) is 4. The summed E-state index contributed by atoms with van der Waals surface area (Å²) in [5, 5.41) is 12.0. The topological polar surface area (TPSA) is 41.5 Å². The molecule has 0 aliphatic heterocycles. The Kier molecular flexibility index (Phi) is 8.09. The van der Waals surface area contributed by atoms with Gasteiger partial charge < -0.3 is 15.2 Å². The SMILES string of the molecule is CCNC(C)c1cccc(SCCOCCO)c1. The molecule has 2 N–H and O–H groups in total. The molecule has 0 radical (unpaired) electrons. The lowest BCUT2D eigenvalue weighted by atomic mass is 10.1. The average molecular weight is 269 g/mol. The molecule has 3 nitrogen and oxygen atoms in total. The Balaban J connectivity index is 2.39. The number of aliphatic hydroxyl groups is 1. The highest BCUT2D eigenvalue weighted by atomic mass is 32.2. The number of thioether (sulfide) groups is 1. The van der Waals surface area contributed by atoms with Crippen molar-refractivity contribution in [3.05, 3.63) is 29.8 Å². The van der Waals surface area contributed by atoms with Crippen molar-refractivity contribution >= 4 is 11.8 Å². The number of benzene rings is 1. The van der Waals surface area contributed by atoms with Crippen molar-refractivity contribution in [3.63, 3.8) is 0 Å². The van der Waals surface area contributed by atoms with Gasteiger partial charge in [-0.2, -0.15) is 0 Å². The third-order valence-electron chi connectivity index (χ3n) is 2.60. The highest BCUT2D eigenvalue weighted by molar-refractivity contribution is 7.99. The van der Waals surface area contributed by atoms with Crippen LogP contribution < -0.4 is 5.32 Å². The van der Waals surface area contributed by atoms with Crippen LogP contribution in [0.4, 0.5) is 0 Å². The minimum Gasteiger partial charge on any atom is -0.394 e. The van der Waals surface area contributed by atoms with Crippen LogP contribution in [0.25, 0.3) is 0 Å². The van der Waals surface area contributed by atoms with Crippen molar-refractivity contribution in [3.8, 4) is 0 Å². The predicted octanol–water partition coefficient (Wildman–Crippen LogP) is 2.46. The number of ether oxygens (including phenoxy) is 1. The van der Waals surface area contributed by atoms with Gasteiger partial charge >= 0.3 is 0 Å². The van der Waals surface area contributed by atoms with Crippen LogP contribution in [-0.2, 0) is 4.74 Å². The zero-order valence-electron chi connectivity index (χ0n) is 11.2. The summed E-state index contributed by atoms with van der Waals surface area (Å²) in [5.41, 5.74) is 1.32. The maximum Gasteiger partial charge on any atom is 0.0698 e. The molecule has 1 aromatic rings. The lowest BCUT2D eigenvalue weighted by Gasteiger charge is -2.13. The van der Waals surface area contributed by atoms with Gasteiger partial charge in [0.15, 0.2) is 0 Å². The fourth-order valence-electron chi connectivity index (χ4n) is 1.68. The minimum absolute atomic E-state index is 0.0976. The molecule has 0 aliphatic carbocycles. The van der Waals surface area contributed by atoms with Crippen LogP contribution in [0.5, 0.6) is 0 Å². The van der Waals surface area contributed by atoms with Crippen molar-refractivity contribution < 1.29 is 9.84 Å². The van der Waals surface area contributed by atoms with Gasteiger partial charge in [0.05, 0.1) is 19.8 Å². The molecule has 0 bridgehead atoms. The van der Waals surface area contributed by atoms with Gasteiger partial charge in [0.1, 0.15) is 0 Å². The quantitative estimate of drug-likeness (QED) is 0.534. The number of hydrogen-bond donors (Lipinski definition) is 2. The number of nitrogens with one attached hydrogen (secondary N) is 1. The summed E-state index contributed by atoms with van der Waals surface area (Å²) in [5.74, 6) is 0.916. The molecule has 1 atom stereocenters. The van der Waals surface area contributed by atoms with Gasteiger partial charge in [0, 0.05) is 16.7 Å². The van der Waals surface area contributed by atoms with Crippen molar-refractivity contribution in [1.82, 2.24) is 5.32 Å². The molecule has 4 heteroatoms. The van der Waals surface area contributed by atoms with E-state index in [1.807, 2.05) is 0 Å². The van der Waals surface area contributed by atoms with E-state index in [0.717, 1.165) is 12.3 Å². The number of aliphatic hydroxyl groups excluding tert-OH is 1. The summed E-state index contributed by atoms with van der Waals surface area (Å²) in [7, 11) is 0. The first kappa shape index (κ1) is 15.5. The summed E-state index contributed by atoms with van der Waals surface area (Å²) in [6.45, 7) is 6.48. The zero-order chi connectivity index (χ0) is 13.2. The number of rotatable bonds is 9. The maximum atomic E-state index is 8.59. The molecule has 0 aromatic heterocycles. The molecular formula is C14H23NO2S. The lowest BCUT2D eigenvalue weighted by Crippen LogP contribution is -2.17. The fraction of sp³-hybridized carbons (Fsp3) is 0.571. The summed E-state index contributed by atoms with van der Waals surface area (Å²) in [6.07, 6.45) is 0. The highest BCUT2D eigenvalue weighted by Gasteiger charge is 2.04. The van der Waals surface area contributed by atoms with Crippen molar-refractivity contribution in [2.24, 2.45) is 0 Å². The van der Waals surface area contributed by atoms with Crippen LogP contribution in [0.3, 0.4) is 0 Å². The standard InChI is InChI=1S/C14H23NO2S/c1-3-15-12(2)13-5-4-6-14(11-13)18-10-9-17-8-7-16/h4-6,11-12,15-16H,3,7-10H2,1-2H3. The molecule has 0 saturated carbocycles. The third-order valence-corrected chi connectivity index (χ3v) is 3.56. The first-order valence-corrected chi connectivity index (χ1v) is 7.41. The molecule has 18 heavy (non-hydrogen) atoms. The van der Waals surface area contributed by atoms with Crippen LogP contribution in [0, 0.1) is 0 Å². The van der Waals surface area contributed by atoms with E-state index in [-0.39, 0.29) is 6.61 Å². The lowest BCUT2D eigenvalue weighted by molar-refractivity contribution is 0.103. The molecule has 102 valence electrons. The largest absolute Gasteiger partial charge is 0.394 e. The normalized spacial score (nSPS) is 12.6. The van der Waals surface area contributed by atoms with Gasteiger partial charge in [-0.1, -0.05) is 19.1 Å². The van der Waals surface area contributed by atoms with Gasteiger partial charge in [0.25, 0.3) is 0 Å². The van der Waals surface area contributed by atoms with E-state index < -0.39 is 0 Å². The van der Waals surface area contributed by atoms with Crippen LogP contribution in [0.15, 0.2) is 29.2 Å². The van der Waals surface area contributed by atoms with E-state index in [9.17, 15) is 0 Å². The summed E-state index contributed by atoms with van der Waals surface area (Å²) in [4.78, 5) is 1.27. The van der Waals surface area contributed by atoms with Crippen molar-refractivity contribution in [2.75, 3.05) is 32.1 Å². The summed E-state index contributed by atoms with van der Waals surface area (Å²) >= 11 is 1.79. The van der Waals surface area contributed by atoms with Gasteiger partial charge in [0.2, 0.25) is 0 Å². The van der Waals surface area contributed by atoms with E-state index in [4.69, 9.17) is 9.84 Å². The molecule has 0 heterocycles. The summed E-state index contributed by atoms with van der Waals surface area (Å²) < 4.78 is 5.24. The van der Waals surface area contributed by atoms with E-state index in [1.54, 1.807) is 11.8 Å². The molecule has 0 saturated heterocycles. The zero-order valence-corrected chi connectivity index (χ0v) is 12.0. The molecule has 1 aromatic carbocycles. The average Bonchev–Trinajstić information content (AvgIpc) is 2.39. The molecule has 0 spiro atoms. The predicted molar refractivity (Wildman–Crippen MR) is 77.2 cm³/mol. The van der Waals surface area contributed by atoms with Gasteiger partial charge in [-0.3, -0.25) is 0 Å². The minimum atomic E-state index is 0.0976. The smallest absolute Gasteiger partial charge is 0.0698 e. The van der Waals surface area contributed by atoms with Crippen LogP contribution in [0.2, 0.25) is 0 Å². The monoisotopic (exact) mass is 269 g/mol.